The number of nitrogens with zero attached hydrogens (tertiary/aromatic N) is 4. The zero-order valence-corrected chi connectivity index (χ0v) is 26.2. The van der Waals surface area contributed by atoms with Crippen molar-refractivity contribution in [1.29, 1.82) is 0 Å². The molecule has 0 bridgehead atoms. The lowest BCUT2D eigenvalue weighted by Gasteiger charge is -2.27. The van der Waals surface area contributed by atoms with Gasteiger partial charge in [-0.25, -0.2) is 9.59 Å². The number of carbonyl (C=O) groups excluding carboxylic acids is 4. The van der Waals surface area contributed by atoms with Crippen LogP contribution in [0.4, 0.5) is 0 Å². The zero-order chi connectivity index (χ0) is 33.2. The van der Waals surface area contributed by atoms with Gasteiger partial charge in [-0.15, -0.1) is 0 Å². The molecule has 2 amide bonds. The molecule has 6 rings (SSSR count). The van der Waals surface area contributed by atoms with Gasteiger partial charge in [0.25, 0.3) is 11.8 Å². The Hall–Kier alpha value is -5.66. The summed E-state index contributed by atoms with van der Waals surface area (Å²) in [5, 5.41) is 13.7. The van der Waals surface area contributed by atoms with E-state index in [1.165, 1.54) is 7.11 Å². The van der Waals surface area contributed by atoms with Gasteiger partial charge in [-0.1, -0.05) is 36.4 Å². The molecule has 14 heteroatoms. The Balaban J connectivity index is 0.000000185. The topological polar surface area (TPSA) is 169 Å². The van der Waals surface area contributed by atoms with Crippen LogP contribution in [0.3, 0.4) is 0 Å². The van der Waals surface area contributed by atoms with E-state index in [0.29, 0.717) is 50.5 Å². The van der Waals surface area contributed by atoms with E-state index >= 15 is 0 Å². The zero-order valence-electron chi connectivity index (χ0n) is 26.2. The Morgan fingerprint density at radius 3 is 1.57 bits per heavy atom. The summed E-state index contributed by atoms with van der Waals surface area (Å²) < 4.78 is 20.7. The third kappa shape index (κ3) is 8.14. The van der Waals surface area contributed by atoms with Crippen molar-refractivity contribution in [2.75, 3.05) is 40.0 Å². The molecule has 2 aromatic carbocycles. The van der Waals surface area contributed by atoms with E-state index in [4.69, 9.17) is 18.9 Å². The molecule has 4 aromatic rings. The number of fused-ring (bicyclic) bond motifs is 2. The van der Waals surface area contributed by atoms with Crippen molar-refractivity contribution in [1.82, 2.24) is 30.2 Å². The summed E-state index contributed by atoms with van der Waals surface area (Å²) in [6.45, 7) is 3.74. The number of aromatic nitrogens is 4. The van der Waals surface area contributed by atoms with Crippen molar-refractivity contribution in [3.05, 3.63) is 94.6 Å². The van der Waals surface area contributed by atoms with Crippen LogP contribution in [0.2, 0.25) is 0 Å². The monoisotopic (exact) mass is 644 g/mol. The number of hydrogen-bond donors (Lipinski definition) is 2. The van der Waals surface area contributed by atoms with Gasteiger partial charge >= 0.3 is 11.9 Å². The van der Waals surface area contributed by atoms with Crippen LogP contribution in [0, 0.1) is 0 Å². The van der Waals surface area contributed by atoms with Gasteiger partial charge in [0.05, 0.1) is 26.8 Å². The van der Waals surface area contributed by atoms with Gasteiger partial charge in [0, 0.05) is 48.4 Å². The molecule has 0 unspecified atom stereocenters. The highest BCUT2D eigenvalue weighted by Gasteiger charge is 2.29. The predicted octanol–water partition coefficient (Wildman–Crippen LogP) is 2.71. The standard InChI is InChI=1S/C17H19N3O4.C16H17N3O4/c1-2-23-17(22)16-13-10-20(9-8-14(13)18-19-16)15(21)11-24-12-6-4-3-5-7-12;1-22-16(21)15-12-9-19(8-7-13(12)17-18-15)14(20)10-23-11-5-3-2-4-6-11/h3-7H,2,8-11H2,1H3,(H,18,19);2-6H,7-10H2,1H3,(H,17,18). The van der Waals surface area contributed by atoms with Crippen molar-refractivity contribution < 1.29 is 38.1 Å². The minimum absolute atomic E-state index is 0.0358. The van der Waals surface area contributed by atoms with Crippen LogP contribution in [-0.4, -0.2) is 94.0 Å². The maximum absolute atomic E-state index is 12.4. The second-order valence-corrected chi connectivity index (χ2v) is 10.6. The molecule has 2 aliphatic heterocycles. The highest BCUT2D eigenvalue weighted by atomic mass is 16.5. The molecule has 2 N–H and O–H groups in total. The molecule has 2 aliphatic rings. The third-order valence-corrected chi connectivity index (χ3v) is 7.63. The van der Waals surface area contributed by atoms with Gasteiger partial charge in [0.2, 0.25) is 0 Å². The maximum atomic E-state index is 12.4. The SMILES string of the molecule is CCOC(=O)c1n[nH]c2c1CN(C(=O)COc1ccccc1)CC2.COC(=O)c1n[nH]c2c1CN(C(=O)COc1ccccc1)CC2. The van der Waals surface area contributed by atoms with Gasteiger partial charge < -0.3 is 28.7 Å². The van der Waals surface area contributed by atoms with E-state index in [2.05, 4.69) is 20.4 Å². The van der Waals surface area contributed by atoms with Crippen LogP contribution in [0.5, 0.6) is 11.5 Å². The highest BCUT2D eigenvalue weighted by molar-refractivity contribution is 5.90. The molecule has 2 aromatic heterocycles. The number of aromatic amines is 2. The summed E-state index contributed by atoms with van der Waals surface area (Å²) in [5.41, 5.74) is 3.70. The minimum atomic E-state index is -0.502. The number of ether oxygens (including phenoxy) is 4. The molecular weight excluding hydrogens is 608 g/mol. The van der Waals surface area contributed by atoms with Crippen LogP contribution in [-0.2, 0) is 45.0 Å². The second-order valence-electron chi connectivity index (χ2n) is 10.6. The molecule has 0 spiro atoms. The molecule has 47 heavy (non-hydrogen) atoms. The Kier molecular flexibility index (Phi) is 10.8. The number of methoxy groups -OCH3 is 1. The first kappa shape index (κ1) is 32.7. The van der Waals surface area contributed by atoms with Crippen LogP contribution in [0.15, 0.2) is 60.7 Å². The molecule has 4 heterocycles. The molecule has 0 aliphatic carbocycles. The predicted molar refractivity (Wildman–Crippen MR) is 167 cm³/mol. The van der Waals surface area contributed by atoms with Gasteiger partial charge in [0.1, 0.15) is 11.5 Å². The summed E-state index contributed by atoms with van der Waals surface area (Å²) in [7, 11) is 1.31. The number of hydrogen-bond acceptors (Lipinski definition) is 10. The van der Waals surface area contributed by atoms with Crippen LogP contribution in [0.1, 0.15) is 50.4 Å². The maximum Gasteiger partial charge on any atom is 0.359 e. The number of amides is 2. The fraction of sp³-hybridized carbons (Fsp3) is 0.333. The van der Waals surface area contributed by atoms with Crippen molar-refractivity contribution in [3.63, 3.8) is 0 Å². The van der Waals surface area contributed by atoms with Crippen molar-refractivity contribution in [2.24, 2.45) is 0 Å². The van der Waals surface area contributed by atoms with Gasteiger partial charge in [-0.3, -0.25) is 19.8 Å². The first-order chi connectivity index (χ1) is 22.9. The van der Waals surface area contributed by atoms with E-state index in [0.717, 1.165) is 22.5 Å². The Morgan fingerprint density at radius 2 is 1.15 bits per heavy atom. The molecule has 246 valence electrons. The van der Waals surface area contributed by atoms with E-state index < -0.39 is 11.9 Å². The molecule has 0 radical (unpaired) electrons. The summed E-state index contributed by atoms with van der Waals surface area (Å²) >= 11 is 0. The average Bonchev–Trinajstić information content (AvgIpc) is 3.74. The van der Waals surface area contributed by atoms with Crippen LogP contribution < -0.4 is 9.47 Å². The molecule has 0 fully saturated rings. The normalized spacial score (nSPS) is 13.3. The van der Waals surface area contributed by atoms with E-state index in [-0.39, 0.29) is 43.0 Å². The number of rotatable bonds is 9. The Bertz CT molecular complexity index is 1690. The molecule has 14 nitrogen and oxygen atoms in total. The summed E-state index contributed by atoms with van der Waals surface area (Å²) in [4.78, 5) is 51.6. The van der Waals surface area contributed by atoms with E-state index in [1.54, 1.807) is 41.0 Å². The lowest BCUT2D eigenvalue weighted by atomic mass is 10.1. The number of benzene rings is 2. The molecule has 0 atom stereocenters. The van der Waals surface area contributed by atoms with Crippen LogP contribution >= 0.6 is 0 Å². The largest absolute Gasteiger partial charge is 0.484 e. The summed E-state index contributed by atoms with van der Waals surface area (Å²) in [6, 6.07) is 18.4. The number of carbonyl (C=O) groups is 4. The fourth-order valence-electron chi connectivity index (χ4n) is 5.16. The van der Waals surface area contributed by atoms with Gasteiger partial charge in [-0.2, -0.15) is 10.2 Å². The van der Waals surface area contributed by atoms with Crippen molar-refractivity contribution in [3.8, 4) is 11.5 Å². The van der Waals surface area contributed by atoms with Crippen LogP contribution in [0.25, 0.3) is 0 Å². The molecule has 0 saturated carbocycles. The summed E-state index contributed by atoms with van der Waals surface area (Å²) in [6.07, 6.45) is 1.25. The third-order valence-electron chi connectivity index (χ3n) is 7.63. The Morgan fingerprint density at radius 1 is 0.702 bits per heavy atom. The molecule has 0 saturated heterocycles. The fourth-order valence-corrected chi connectivity index (χ4v) is 5.16. The minimum Gasteiger partial charge on any atom is -0.484 e. The summed E-state index contributed by atoms with van der Waals surface area (Å²) in [5.74, 6) is 0.0791. The number of H-pyrrole nitrogens is 2. The highest BCUT2D eigenvalue weighted by Crippen LogP contribution is 2.23. The lowest BCUT2D eigenvalue weighted by Crippen LogP contribution is -2.39. The smallest absolute Gasteiger partial charge is 0.359 e. The lowest BCUT2D eigenvalue weighted by molar-refractivity contribution is -0.135. The van der Waals surface area contributed by atoms with E-state index in [9.17, 15) is 19.2 Å². The van der Waals surface area contributed by atoms with Gasteiger partial charge in [0.15, 0.2) is 24.6 Å². The van der Waals surface area contributed by atoms with Crippen molar-refractivity contribution >= 4 is 23.8 Å². The van der Waals surface area contributed by atoms with Crippen molar-refractivity contribution in [2.45, 2.75) is 32.9 Å². The second kappa shape index (κ2) is 15.6. The van der Waals surface area contributed by atoms with Gasteiger partial charge in [-0.05, 0) is 31.2 Å². The first-order valence-electron chi connectivity index (χ1n) is 15.2. The number of esters is 2. The average molecular weight is 645 g/mol. The molecular formula is C33H36N6O8. The number of para-hydroxylation sites is 2. The number of nitrogens with one attached hydrogen (secondary N) is 2. The van der Waals surface area contributed by atoms with E-state index in [1.807, 2.05) is 36.4 Å². The quantitative estimate of drug-likeness (QED) is 0.259. The first-order valence-corrected chi connectivity index (χ1v) is 15.2. The Labute approximate surface area is 270 Å².